The summed E-state index contributed by atoms with van der Waals surface area (Å²) in [5.41, 5.74) is 5.03. The minimum atomic E-state index is -0.239. The average Bonchev–Trinajstić information content (AvgIpc) is 3.18. The Hall–Kier alpha value is -2.51. The van der Waals surface area contributed by atoms with Crippen molar-refractivity contribution in [3.05, 3.63) is 47.4 Å². The second-order valence-electron chi connectivity index (χ2n) is 7.78. The number of hydrogen-bond acceptors (Lipinski definition) is 5. The first kappa shape index (κ1) is 18.5. The molecule has 0 amide bonds. The first-order chi connectivity index (χ1) is 14.3. The molecule has 0 radical (unpaired) electrons. The molecule has 0 bridgehead atoms. The lowest BCUT2D eigenvalue weighted by atomic mass is 9.96. The topological polar surface area (TPSA) is 54.7 Å². The highest BCUT2D eigenvalue weighted by Gasteiger charge is 2.20. The Kier molecular flexibility index (Phi) is 5.16. The van der Waals surface area contributed by atoms with Crippen LogP contribution in [-0.4, -0.2) is 58.9 Å². The van der Waals surface area contributed by atoms with Crippen LogP contribution in [0.1, 0.15) is 24.1 Å². The summed E-state index contributed by atoms with van der Waals surface area (Å²) in [6.07, 6.45) is 4.41. The van der Waals surface area contributed by atoms with Crippen molar-refractivity contribution in [1.82, 2.24) is 19.5 Å². The molecule has 1 saturated heterocycles. The van der Waals surface area contributed by atoms with Crippen LogP contribution >= 0.6 is 0 Å². The van der Waals surface area contributed by atoms with Crippen LogP contribution in [0.3, 0.4) is 0 Å². The molecular formula is C22H26FN5O. The van der Waals surface area contributed by atoms with Crippen molar-refractivity contribution in [2.24, 2.45) is 0 Å². The Morgan fingerprint density at radius 1 is 1.07 bits per heavy atom. The summed E-state index contributed by atoms with van der Waals surface area (Å²) in [7, 11) is 0. The van der Waals surface area contributed by atoms with Gasteiger partial charge >= 0.3 is 0 Å². The maximum Gasteiger partial charge on any atom is 0.158 e. The molecule has 2 aliphatic rings. The quantitative estimate of drug-likeness (QED) is 0.719. The van der Waals surface area contributed by atoms with Gasteiger partial charge in [-0.1, -0.05) is 0 Å². The van der Waals surface area contributed by atoms with Crippen LogP contribution in [0.2, 0.25) is 0 Å². The van der Waals surface area contributed by atoms with Crippen LogP contribution in [0.25, 0.3) is 16.9 Å². The zero-order valence-corrected chi connectivity index (χ0v) is 16.5. The van der Waals surface area contributed by atoms with E-state index in [-0.39, 0.29) is 5.82 Å². The molecule has 0 spiro atoms. The molecule has 1 aliphatic carbocycles. The van der Waals surface area contributed by atoms with Crippen LogP contribution in [-0.2, 0) is 17.6 Å². The van der Waals surface area contributed by atoms with Crippen LogP contribution in [0, 0.1) is 5.82 Å². The van der Waals surface area contributed by atoms with E-state index in [0.717, 1.165) is 75.0 Å². The van der Waals surface area contributed by atoms with Gasteiger partial charge in [-0.25, -0.2) is 9.37 Å². The molecule has 2 aromatic heterocycles. The van der Waals surface area contributed by atoms with Gasteiger partial charge in [-0.15, -0.1) is 0 Å². The number of aryl methyl sites for hydroxylation is 1. The lowest BCUT2D eigenvalue weighted by molar-refractivity contribution is 0.0398. The van der Waals surface area contributed by atoms with Crippen molar-refractivity contribution < 1.29 is 9.13 Å². The number of benzene rings is 1. The normalized spacial score (nSPS) is 17.4. The van der Waals surface area contributed by atoms with Crippen molar-refractivity contribution in [1.29, 1.82) is 0 Å². The van der Waals surface area contributed by atoms with E-state index in [9.17, 15) is 4.39 Å². The molecule has 29 heavy (non-hydrogen) atoms. The van der Waals surface area contributed by atoms with Gasteiger partial charge in [0.1, 0.15) is 11.6 Å². The van der Waals surface area contributed by atoms with Gasteiger partial charge in [-0.3, -0.25) is 4.90 Å². The van der Waals surface area contributed by atoms with Gasteiger partial charge < -0.3 is 10.1 Å². The third-order valence-electron chi connectivity index (χ3n) is 5.84. The van der Waals surface area contributed by atoms with Crippen molar-refractivity contribution in [3.63, 3.8) is 0 Å². The summed E-state index contributed by atoms with van der Waals surface area (Å²) >= 11 is 0. The van der Waals surface area contributed by atoms with E-state index in [2.05, 4.69) is 10.2 Å². The zero-order chi connectivity index (χ0) is 19.6. The number of nitrogens with zero attached hydrogens (tertiary/aromatic N) is 4. The zero-order valence-electron chi connectivity index (χ0n) is 16.5. The number of aromatic nitrogens is 3. The molecule has 0 atom stereocenters. The summed E-state index contributed by atoms with van der Waals surface area (Å²) < 4.78 is 20.7. The van der Waals surface area contributed by atoms with E-state index in [1.54, 1.807) is 12.1 Å². The minimum Gasteiger partial charge on any atom is -0.379 e. The number of halogens is 1. The van der Waals surface area contributed by atoms with E-state index in [0.29, 0.717) is 0 Å². The number of anilines is 1. The van der Waals surface area contributed by atoms with Gasteiger partial charge in [-0.05, 0) is 49.9 Å². The molecule has 0 saturated carbocycles. The molecule has 152 valence electrons. The van der Waals surface area contributed by atoms with Crippen molar-refractivity contribution in [3.8, 4) is 11.3 Å². The summed E-state index contributed by atoms with van der Waals surface area (Å²) in [6, 6.07) is 8.47. The van der Waals surface area contributed by atoms with Crippen molar-refractivity contribution in [2.75, 3.05) is 44.7 Å². The van der Waals surface area contributed by atoms with Gasteiger partial charge in [0.15, 0.2) is 5.65 Å². The van der Waals surface area contributed by atoms with Gasteiger partial charge in [0.2, 0.25) is 0 Å². The third kappa shape index (κ3) is 3.84. The van der Waals surface area contributed by atoms with Crippen molar-refractivity contribution in [2.45, 2.75) is 25.7 Å². The molecule has 6 nitrogen and oxygen atoms in total. The molecule has 1 fully saturated rings. The number of hydrogen-bond donors (Lipinski definition) is 1. The Bertz CT molecular complexity index is 995. The molecule has 1 aliphatic heterocycles. The van der Waals surface area contributed by atoms with Gasteiger partial charge in [0.05, 0.1) is 18.9 Å². The second-order valence-corrected chi connectivity index (χ2v) is 7.78. The molecular weight excluding hydrogens is 369 g/mol. The average molecular weight is 395 g/mol. The fourth-order valence-electron chi connectivity index (χ4n) is 4.25. The highest BCUT2D eigenvalue weighted by Crippen LogP contribution is 2.29. The fraction of sp³-hybridized carbons (Fsp3) is 0.455. The first-order valence-corrected chi connectivity index (χ1v) is 10.5. The summed E-state index contributed by atoms with van der Waals surface area (Å²) in [6.45, 7) is 5.44. The summed E-state index contributed by atoms with van der Waals surface area (Å²) in [5.74, 6) is 0.822. The van der Waals surface area contributed by atoms with E-state index in [4.69, 9.17) is 14.8 Å². The fourth-order valence-corrected chi connectivity index (χ4v) is 4.25. The van der Waals surface area contributed by atoms with Crippen molar-refractivity contribution >= 4 is 11.5 Å². The Balaban J connectivity index is 1.46. The number of rotatable bonds is 5. The maximum atomic E-state index is 13.3. The molecule has 1 N–H and O–H groups in total. The van der Waals surface area contributed by atoms with Gasteiger partial charge in [0, 0.05) is 49.1 Å². The largest absolute Gasteiger partial charge is 0.379 e. The van der Waals surface area contributed by atoms with E-state index in [1.807, 2.05) is 10.6 Å². The summed E-state index contributed by atoms with van der Waals surface area (Å²) in [4.78, 5) is 7.32. The predicted molar refractivity (Wildman–Crippen MR) is 111 cm³/mol. The Labute approximate surface area is 169 Å². The number of fused-ring (bicyclic) bond motifs is 2. The first-order valence-electron chi connectivity index (χ1n) is 10.5. The molecule has 3 heterocycles. The van der Waals surface area contributed by atoms with Gasteiger partial charge in [0.25, 0.3) is 0 Å². The molecule has 7 heteroatoms. The molecule has 5 rings (SSSR count). The smallest absolute Gasteiger partial charge is 0.158 e. The second kappa shape index (κ2) is 8.08. The highest BCUT2D eigenvalue weighted by atomic mass is 19.1. The van der Waals surface area contributed by atoms with E-state index >= 15 is 0 Å². The number of nitrogens with one attached hydrogen (secondary N) is 1. The number of ether oxygens (including phenoxy) is 1. The molecule has 0 unspecified atom stereocenters. The summed E-state index contributed by atoms with van der Waals surface area (Å²) in [5, 5.41) is 8.48. The predicted octanol–water partition coefficient (Wildman–Crippen LogP) is 3.16. The monoisotopic (exact) mass is 395 g/mol. The van der Waals surface area contributed by atoms with Crippen LogP contribution in [0.15, 0.2) is 30.3 Å². The Morgan fingerprint density at radius 2 is 1.86 bits per heavy atom. The number of morpholine rings is 1. The van der Waals surface area contributed by atoms with E-state index < -0.39 is 0 Å². The maximum absolute atomic E-state index is 13.3. The third-order valence-corrected chi connectivity index (χ3v) is 5.84. The highest BCUT2D eigenvalue weighted by molar-refractivity contribution is 5.67. The lowest BCUT2D eigenvalue weighted by Gasteiger charge is -2.27. The van der Waals surface area contributed by atoms with Gasteiger partial charge in [-0.2, -0.15) is 9.61 Å². The van der Waals surface area contributed by atoms with Crippen LogP contribution in [0.5, 0.6) is 0 Å². The SMILES string of the molecule is Fc1ccc(-c2cc3nc4c(c(NCCN5CCOCC5)n3n2)CCCC4)cc1. The Morgan fingerprint density at radius 3 is 2.69 bits per heavy atom. The molecule has 1 aromatic carbocycles. The molecule has 3 aromatic rings. The minimum absolute atomic E-state index is 0.239. The van der Waals surface area contributed by atoms with E-state index in [1.165, 1.54) is 36.2 Å². The lowest BCUT2D eigenvalue weighted by Crippen LogP contribution is -2.39. The van der Waals surface area contributed by atoms with Crippen LogP contribution in [0.4, 0.5) is 10.2 Å². The van der Waals surface area contributed by atoms with Crippen LogP contribution < -0.4 is 5.32 Å². The standard InChI is InChI=1S/C22H26FN5O/c23-17-7-5-16(6-8-17)20-15-21-25-19-4-2-1-3-18(19)22(28(21)26-20)24-9-10-27-11-13-29-14-12-27/h5-8,15,24H,1-4,9-14H2.